The van der Waals surface area contributed by atoms with Crippen molar-refractivity contribution < 1.29 is 57.6 Å². The van der Waals surface area contributed by atoms with Crippen molar-refractivity contribution in [2.45, 2.75) is 57.7 Å². The number of hydrogen-bond acceptors (Lipinski definition) is 9. The number of carbonyl (C=O) groups is 2. The minimum Gasteiger partial charge on any atom is -0.407 e. The molecule has 0 bridgehead atoms. The number of phosphoric ester groups is 1. The molecule has 35 heavy (non-hydrogen) atoms. The maximum absolute atomic E-state index is 12.5. The van der Waals surface area contributed by atoms with Crippen molar-refractivity contribution in [1.29, 1.82) is 0 Å². The summed E-state index contributed by atoms with van der Waals surface area (Å²) in [6.07, 6.45) is 2.55. The lowest BCUT2D eigenvalue weighted by atomic mass is 9.46. The highest BCUT2D eigenvalue weighted by Gasteiger charge is 2.69. The van der Waals surface area contributed by atoms with Crippen molar-refractivity contribution in [3.8, 4) is 0 Å². The smallest absolute Gasteiger partial charge is 0.407 e. The highest BCUT2D eigenvalue weighted by molar-refractivity contribution is 7.60. The highest BCUT2D eigenvalue weighted by Crippen LogP contribution is 2.69. The molecule has 12 nitrogen and oxygen atoms in total. The van der Waals surface area contributed by atoms with Gasteiger partial charge in [-0.1, -0.05) is 12.5 Å². The maximum Gasteiger partial charge on any atom is 0.536 e. The molecule has 3 fully saturated rings. The van der Waals surface area contributed by atoms with Crippen LogP contribution in [0.25, 0.3) is 0 Å². The maximum atomic E-state index is 12.5. The summed E-state index contributed by atoms with van der Waals surface area (Å²) in [7, 11) is -10.8. The monoisotopic (exact) mass is 536 g/mol. The van der Waals surface area contributed by atoms with E-state index < -0.39 is 62.3 Å². The topological polar surface area (TPSA) is 208 Å². The number of hydrogen-bond donors (Lipinski definition) is 6. The van der Waals surface area contributed by atoms with Gasteiger partial charge in [-0.3, -0.25) is 14.5 Å². The summed E-state index contributed by atoms with van der Waals surface area (Å²) in [4.78, 5) is 52.8. The Bertz CT molecular complexity index is 1110. The Morgan fingerprint density at radius 3 is 2.43 bits per heavy atom. The van der Waals surface area contributed by atoms with Gasteiger partial charge >= 0.3 is 15.6 Å². The third kappa shape index (κ3) is 4.13. The van der Waals surface area contributed by atoms with Gasteiger partial charge in [0, 0.05) is 17.4 Å². The van der Waals surface area contributed by atoms with E-state index in [9.17, 15) is 38.9 Å². The molecule has 4 aliphatic carbocycles. The minimum atomic E-state index is -5.41. The molecule has 0 spiro atoms. The first-order valence-electron chi connectivity index (χ1n) is 11.3. The molecule has 8 atom stereocenters. The first kappa shape index (κ1) is 26.9. The number of fused-ring (bicyclic) bond motifs is 5. The number of phosphoric acid groups is 2. The van der Waals surface area contributed by atoms with E-state index in [1.165, 1.54) is 6.08 Å². The van der Waals surface area contributed by atoms with Gasteiger partial charge in [0.2, 0.25) is 0 Å². The number of allylic oxidation sites excluding steroid dienone is 3. The summed E-state index contributed by atoms with van der Waals surface area (Å²) in [5.74, 6) is -2.83. The van der Waals surface area contributed by atoms with Crippen LogP contribution in [0.5, 0.6) is 0 Å². The molecule has 6 N–H and O–H groups in total. The van der Waals surface area contributed by atoms with E-state index in [0.29, 0.717) is 24.8 Å². The van der Waals surface area contributed by atoms with Crippen molar-refractivity contribution in [1.82, 2.24) is 0 Å². The van der Waals surface area contributed by atoms with Crippen molar-refractivity contribution in [3.63, 3.8) is 0 Å². The second-order valence-electron chi connectivity index (χ2n) is 10.4. The van der Waals surface area contributed by atoms with Crippen LogP contribution in [0.4, 0.5) is 0 Å². The lowest BCUT2D eigenvalue weighted by Gasteiger charge is -2.60. The Hall–Kier alpha value is -1.20. The standard InChI is InChI=1S/C21H30O12P2/c1-19-9-15(24)18-13(14(19)5-6-21(19,26)16(25)10-22)4-3-11-7-12(23)8-17(20(11,18)2)32-35(30,31)33-34(27,28)29/h7-8,13-15,18,22,24,26H,3-6,9-10H2,1-2H3,(H,30,31)(H2,27,28,29)/t13-,14-,15-,18+,19-,20+,21-/m0/s1. The van der Waals surface area contributed by atoms with Gasteiger partial charge < -0.3 is 29.6 Å². The van der Waals surface area contributed by atoms with Crippen molar-refractivity contribution in [3.05, 3.63) is 23.5 Å². The predicted molar refractivity (Wildman–Crippen MR) is 118 cm³/mol. The zero-order valence-electron chi connectivity index (χ0n) is 19.2. The average Bonchev–Trinajstić information content (AvgIpc) is 2.97. The number of carbonyl (C=O) groups excluding carboxylic acids is 2. The molecule has 0 heterocycles. The molecule has 0 radical (unpaired) electrons. The van der Waals surface area contributed by atoms with E-state index >= 15 is 0 Å². The molecule has 0 aliphatic heterocycles. The number of rotatable bonds is 6. The molecule has 0 saturated heterocycles. The van der Waals surface area contributed by atoms with E-state index in [1.807, 2.05) is 0 Å². The molecule has 4 rings (SSSR count). The first-order chi connectivity index (χ1) is 16.0. The van der Waals surface area contributed by atoms with Crippen molar-refractivity contribution in [2.75, 3.05) is 6.61 Å². The summed E-state index contributed by atoms with van der Waals surface area (Å²) >= 11 is 0. The third-order valence-electron chi connectivity index (χ3n) is 8.82. The zero-order chi connectivity index (χ0) is 26.2. The quantitative estimate of drug-likeness (QED) is 0.264. The van der Waals surface area contributed by atoms with Crippen LogP contribution in [0.3, 0.4) is 0 Å². The van der Waals surface area contributed by atoms with Crippen LogP contribution in [-0.2, 0) is 27.6 Å². The van der Waals surface area contributed by atoms with Crippen LogP contribution in [0, 0.1) is 28.6 Å². The predicted octanol–water partition coefficient (Wildman–Crippen LogP) is 1.11. The van der Waals surface area contributed by atoms with Crippen LogP contribution in [0.2, 0.25) is 0 Å². The normalized spacial score (nSPS) is 42.7. The highest BCUT2D eigenvalue weighted by atomic mass is 31.3. The Balaban J connectivity index is 1.75. The Labute approximate surface area is 201 Å². The van der Waals surface area contributed by atoms with Crippen LogP contribution >= 0.6 is 15.6 Å². The van der Waals surface area contributed by atoms with Gasteiger partial charge in [0.05, 0.1) is 11.5 Å². The van der Waals surface area contributed by atoms with Crippen LogP contribution in [0.15, 0.2) is 23.5 Å². The van der Waals surface area contributed by atoms with Gasteiger partial charge in [0.1, 0.15) is 18.0 Å². The lowest BCUT2D eigenvalue weighted by Crippen LogP contribution is -2.62. The molecule has 0 amide bonds. The fraction of sp³-hybridized carbons (Fsp3) is 0.714. The van der Waals surface area contributed by atoms with Gasteiger partial charge in [-0.05, 0) is 56.9 Å². The molecule has 0 aromatic carbocycles. The molecule has 14 heteroatoms. The van der Waals surface area contributed by atoms with Gasteiger partial charge in [0.15, 0.2) is 11.6 Å². The Kier molecular flexibility index (Phi) is 6.45. The molecule has 4 aliphatic rings. The Morgan fingerprint density at radius 1 is 1.17 bits per heavy atom. The molecule has 196 valence electrons. The van der Waals surface area contributed by atoms with Crippen molar-refractivity contribution >= 4 is 27.2 Å². The summed E-state index contributed by atoms with van der Waals surface area (Å²) in [5, 5.41) is 32.2. The number of Topliss-reactive ketones (excluding diaryl/α,β-unsaturated/α-hetero) is 1. The molecule has 0 aromatic heterocycles. The van der Waals surface area contributed by atoms with E-state index in [0.717, 1.165) is 6.08 Å². The second kappa shape index (κ2) is 8.41. The molecule has 0 aromatic rings. The van der Waals surface area contributed by atoms with Crippen LogP contribution in [-0.4, -0.2) is 59.9 Å². The summed E-state index contributed by atoms with van der Waals surface area (Å²) in [6.45, 7) is 2.51. The van der Waals surface area contributed by atoms with Gasteiger partial charge in [-0.2, -0.15) is 4.31 Å². The van der Waals surface area contributed by atoms with E-state index in [2.05, 4.69) is 4.31 Å². The van der Waals surface area contributed by atoms with Gasteiger partial charge in [0.25, 0.3) is 0 Å². The van der Waals surface area contributed by atoms with Crippen LogP contribution in [0.1, 0.15) is 46.0 Å². The largest absolute Gasteiger partial charge is 0.536 e. The van der Waals surface area contributed by atoms with Gasteiger partial charge in [-0.15, -0.1) is 0 Å². The lowest BCUT2D eigenvalue weighted by molar-refractivity contribution is -0.180. The van der Waals surface area contributed by atoms with E-state index in [-0.39, 0.29) is 30.4 Å². The summed E-state index contributed by atoms with van der Waals surface area (Å²) in [6, 6.07) is 0. The second-order valence-corrected chi connectivity index (χ2v) is 13.2. The number of aliphatic hydroxyl groups is 3. The van der Waals surface area contributed by atoms with E-state index in [4.69, 9.17) is 14.3 Å². The zero-order valence-corrected chi connectivity index (χ0v) is 21.0. The summed E-state index contributed by atoms with van der Waals surface area (Å²) < 4.78 is 32.5. The van der Waals surface area contributed by atoms with E-state index in [1.54, 1.807) is 13.8 Å². The molecular formula is C21H30O12P2. The number of aliphatic hydroxyl groups excluding tert-OH is 2. The SMILES string of the molecule is C[C@@]12C(=CC(=O)C=C1OP(=O)(O)OP(=O)(O)O)CC[C@@H]1[C@@H]2[C@@H](O)C[C@@]2(C)[C@H]1CC[C@]2(O)C(=O)CO. The molecular weight excluding hydrogens is 506 g/mol. The fourth-order valence-corrected chi connectivity index (χ4v) is 9.09. The molecule has 3 saturated carbocycles. The summed E-state index contributed by atoms with van der Waals surface area (Å²) in [5.41, 5.74) is -3.61. The molecule has 1 unspecified atom stereocenters. The average molecular weight is 536 g/mol. The van der Waals surface area contributed by atoms with Crippen molar-refractivity contribution in [2.24, 2.45) is 28.6 Å². The minimum absolute atomic E-state index is 0.0130. The van der Waals surface area contributed by atoms with Crippen LogP contribution < -0.4 is 0 Å². The first-order valence-corrected chi connectivity index (χ1v) is 14.3. The van der Waals surface area contributed by atoms with Gasteiger partial charge in [-0.25, -0.2) is 9.13 Å². The fourth-order valence-electron chi connectivity index (χ4n) is 7.39. The Morgan fingerprint density at radius 2 is 1.83 bits per heavy atom. The number of ketones is 2. The third-order valence-corrected chi connectivity index (χ3v) is 10.9.